The second-order valence-electron chi connectivity index (χ2n) is 6.40. The van der Waals surface area contributed by atoms with E-state index < -0.39 is 10.0 Å². The number of nitrogens with zero attached hydrogens (tertiary/aromatic N) is 3. The molecule has 3 aromatic rings. The van der Waals surface area contributed by atoms with Crippen molar-refractivity contribution in [1.82, 2.24) is 13.8 Å². The van der Waals surface area contributed by atoms with Gasteiger partial charge in [0.25, 0.3) is 15.9 Å². The van der Waals surface area contributed by atoms with Crippen LogP contribution < -0.4 is 0 Å². The molecular weight excluding hydrogens is 406 g/mol. The zero-order valence-electron chi connectivity index (χ0n) is 14.6. The zero-order valence-corrected chi connectivity index (χ0v) is 17.0. The molecule has 0 aliphatic carbocycles. The van der Waals surface area contributed by atoms with Crippen LogP contribution in [0.25, 0.3) is 10.9 Å². The number of hydrogen-bond donors (Lipinski definition) is 0. The maximum atomic E-state index is 12.9. The predicted octanol–water partition coefficient (Wildman–Crippen LogP) is 3.04. The zero-order chi connectivity index (χ0) is 19.2. The SMILES string of the molecule is Cn1c(C(=O)N2CCN(S(=O)(=O)c3ccc(Cl)s3)CC2)cc2ccccc21. The molecule has 1 aliphatic heterocycles. The Labute approximate surface area is 166 Å². The van der Waals surface area contributed by atoms with Crippen molar-refractivity contribution < 1.29 is 13.2 Å². The summed E-state index contributed by atoms with van der Waals surface area (Å²) in [6.07, 6.45) is 0. The first-order valence-electron chi connectivity index (χ1n) is 8.47. The van der Waals surface area contributed by atoms with Crippen molar-refractivity contribution in [3.05, 3.63) is 52.5 Å². The summed E-state index contributed by atoms with van der Waals surface area (Å²) in [6.45, 7) is 1.26. The van der Waals surface area contributed by atoms with E-state index in [0.717, 1.165) is 22.2 Å². The van der Waals surface area contributed by atoms with E-state index >= 15 is 0 Å². The van der Waals surface area contributed by atoms with Crippen molar-refractivity contribution in [2.24, 2.45) is 7.05 Å². The number of fused-ring (bicyclic) bond motifs is 1. The Morgan fingerprint density at radius 1 is 1.07 bits per heavy atom. The van der Waals surface area contributed by atoms with Crippen LogP contribution in [-0.2, 0) is 17.1 Å². The van der Waals surface area contributed by atoms with Crippen molar-refractivity contribution in [3.8, 4) is 0 Å². The molecule has 2 aromatic heterocycles. The van der Waals surface area contributed by atoms with Crippen molar-refractivity contribution in [2.75, 3.05) is 26.2 Å². The maximum Gasteiger partial charge on any atom is 0.270 e. The Hall–Kier alpha value is -1.87. The molecule has 6 nitrogen and oxygen atoms in total. The summed E-state index contributed by atoms with van der Waals surface area (Å²) in [5.41, 5.74) is 1.61. The number of piperazine rings is 1. The molecule has 0 unspecified atom stereocenters. The number of rotatable bonds is 3. The number of para-hydroxylation sites is 1. The van der Waals surface area contributed by atoms with Gasteiger partial charge in [-0.25, -0.2) is 8.42 Å². The summed E-state index contributed by atoms with van der Waals surface area (Å²) in [5, 5.41) is 1.01. The molecular formula is C18H18ClN3O3S2. The number of hydrogen-bond acceptors (Lipinski definition) is 4. The monoisotopic (exact) mass is 423 g/mol. The quantitative estimate of drug-likeness (QED) is 0.650. The van der Waals surface area contributed by atoms with E-state index in [1.54, 1.807) is 11.0 Å². The van der Waals surface area contributed by atoms with E-state index in [4.69, 9.17) is 11.6 Å². The first kappa shape index (κ1) is 18.5. The van der Waals surface area contributed by atoms with Crippen molar-refractivity contribution >= 4 is 49.8 Å². The van der Waals surface area contributed by atoms with E-state index in [0.29, 0.717) is 23.1 Å². The molecule has 0 spiro atoms. The lowest BCUT2D eigenvalue weighted by Crippen LogP contribution is -2.50. The normalized spacial score (nSPS) is 16.1. The average molecular weight is 424 g/mol. The summed E-state index contributed by atoms with van der Waals surface area (Å²) in [6, 6.07) is 12.8. The molecule has 9 heteroatoms. The third-order valence-corrected chi connectivity index (χ3v) is 8.44. The van der Waals surface area contributed by atoms with Crippen LogP contribution >= 0.6 is 22.9 Å². The van der Waals surface area contributed by atoms with Gasteiger partial charge in [-0.05, 0) is 24.3 Å². The summed E-state index contributed by atoms with van der Waals surface area (Å²) in [4.78, 5) is 14.7. The van der Waals surface area contributed by atoms with E-state index in [9.17, 15) is 13.2 Å². The highest BCUT2D eigenvalue weighted by atomic mass is 35.5. The molecule has 0 bridgehead atoms. The number of carbonyl (C=O) groups is 1. The number of amides is 1. The molecule has 1 aliphatic rings. The molecule has 27 heavy (non-hydrogen) atoms. The van der Waals surface area contributed by atoms with Gasteiger partial charge in [0.05, 0.1) is 4.34 Å². The van der Waals surface area contributed by atoms with Crippen LogP contribution in [0.3, 0.4) is 0 Å². The smallest absolute Gasteiger partial charge is 0.270 e. The summed E-state index contributed by atoms with van der Waals surface area (Å²) < 4.78 is 29.4. The third-order valence-electron chi connectivity index (χ3n) is 4.84. The first-order valence-corrected chi connectivity index (χ1v) is 11.1. The van der Waals surface area contributed by atoms with Gasteiger partial charge in [0.1, 0.15) is 9.90 Å². The van der Waals surface area contributed by atoms with Crippen LogP contribution in [-0.4, -0.2) is 54.3 Å². The molecule has 4 rings (SSSR count). The van der Waals surface area contributed by atoms with Gasteiger partial charge < -0.3 is 9.47 Å². The fourth-order valence-corrected chi connectivity index (χ4v) is 6.41. The summed E-state index contributed by atoms with van der Waals surface area (Å²) in [5.74, 6) is -0.0788. The van der Waals surface area contributed by atoms with Gasteiger partial charge in [-0.15, -0.1) is 11.3 Å². The standard InChI is InChI=1S/C18H18ClN3O3S2/c1-20-14-5-3-2-4-13(14)12-15(20)18(23)21-8-10-22(11-9-21)27(24,25)17-7-6-16(19)26-17/h2-7,12H,8-11H2,1H3. The molecule has 3 heterocycles. The van der Waals surface area contributed by atoms with E-state index in [2.05, 4.69) is 0 Å². The Balaban J connectivity index is 1.50. The minimum atomic E-state index is -3.56. The van der Waals surface area contributed by atoms with Crippen molar-refractivity contribution in [1.29, 1.82) is 0 Å². The number of halogens is 1. The van der Waals surface area contributed by atoms with Crippen LogP contribution in [0.2, 0.25) is 4.34 Å². The number of sulfonamides is 1. The molecule has 0 N–H and O–H groups in total. The first-order chi connectivity index (χ1) is 12.9. The van der Waals surface area contributed by atoms with Crippen LogP contribution in [0.1, 0.15) is 10.5 Å². The predicted molar refractivity (Wildman–Crippen MR) is 107 cm³/mol. The number of aryl methyl sites for hydroxylation is 1. The average Bonchev–Trinajstić information content (AvgIpc) is 3.26. The van der Waals surface area contributed by atoms with Crippen LogP contribution in [0, 0.1) is 0 Å². The summed E-state index contributed by atoms with van der Waals surface area (Å²) in [7, 11) is -1.69. The van der Waals surface area contributed by atoms with Gasteiger partial charge in [0.2, 0.25) is 0 Å². The van der Waals surface area contributed by atoms with E-state index in [1.807, 2.05) is 41.9 Å². The molecule has 0 saturated carbocycles. The summed E-state index contributed by atoms with van der Waals surface area (Å²) >= 11 is 6.92. The third kappa shape index (κ3) is 3.27. The van der Waals surface area contributed by atoms with Crippen LogP contribution in [0.15, 0.2) is 46.7 Å². The van der Waals surface area contributed by atoms with Gasteiger partial charge >= 0.3 is 0 Å². The molecule has 0 atom stereocenters. The van der Waals surface area contributed by atoms with E-state index in [1.165, 1.54) is 10.4 Å². The lowest BCUT2D eigenvalue weighted by atomic mass is 10.2. The lowest BCUT2D eigenvalue weighted by Gasteiger charge is -2.33. The highest BCUT2D eigenvalue weighted by Crippen LogP contribution is 2.29. The van der Waals surface area contributed by atoms with Crippen molar-refractivity contribution in [2.45, 2.75) is 4.21 Å². The molecule has 142 valence electrons. The van der Waals surface area contributed by atoms with Gasteiger partial charge in [0.15, 0.2) is 0 Å². The largest absolute Gasteiger partial charge is 0.340 e. The fourth-order valence-electron chi connectivity index (χ4n) is 3.35. The van der Waals surface area contributed by atoms with E-state index in [-0.39, 0.29) is 23.2 Å². The molecule has 1 aromatic carbocycles. The Bertz CT molecular complexity index is 1110. The Kier molecular flexibility index (Phi) is 4.75. The number of aromatic nitrogens is 1. The van der Waals surface area contributed by atoms with Gasteiger partial charge in [-0.1, -0.05) is 29.8 Å². The molecule has 1 saturated heterocycles. The van der Waals surface area contributed by atoms with Gasteiger partial charge in [0, 0.05) is 44.1 Å². The Morgan fingerprint density at radius 3 is 2.41 bits per heavy atom. The fraction of sp³-hybridized carbons (Fsp3) is 0.278. The van der Waals surface area contributed by atoms with Gasteiger partial charge in [-0.2, -0.15) is 4.31 Å². The highest BCUT2D eigenvalue weighted by molar-refractivity contribution is 7.91. The maximum absolute atomic E-state index is 12.9. The molecule has 1 fully saturated rings. The Morgan fingerprint density at radius 2 is 1.78 bits per heavy atom. The lowest BCUT2D eigenvalue weighted by molar-refractivity contribution is 0.0689. The number of benzene rings is 1. The highest BCUT2D eigenvalue weighted by Gasteiger charge is 2.32. The molecule has 0 radical (unpaired) electrons. The molecule has 1 amide bonds. The number of thiophene rings is 1. The van der Waals surface area contributed by atoms with Crippen molar-refractivity contribution in [3.63, 3.8) is 0 Å². The minimum absolute atomic E-state index is 0.0788. The topological polar surface area (TPSA) is 62.6 Å². The van der Waals surface area contributed by atoms with Gasteiger partial charge in [-0.3, -0.25) is 4.79 Å². The van der Waals surface area contributed by atoms with Crippen LogP contribution in [0.4, 0.5) is 0 Å². The second-order valence-corrected chi connectivity index (χ2v) is 10.3. The minimum Gasteiger partial charge on any atom is -0.340 e. The van der Waals surface area contributed by atoms with Crippen LogP contribution in [0.5, 0.6) is 0 Å². The number of carbonyl (C=O) groups excluding carboxylic acids is 1. The second kappa shape index (κ2) is 6.94.